The number of aromatic nitrogens is 2. The molecule has 3 aromatic rings. The van der Waals surface area contributed by atoms with E-state index in [1.807, 2.05) is 13.0 Å². The number of fused-ring (bicyclic) bond motifs is 1. The van der Waals surface area contributed by atoms with Gasteiger partial charge < -0.3 is 23.9 Å². The van der Waals surface area contributed by atoms with Crippen LogP contribution in [0.15, 0.2) is 28.7 Å². The highest BCUT2D eigenvalue weighted by molar-refractivity contribution is 7.15. The molecule has 0 saturated heterocycles. The van der Waals surface area contributed by atoms with E-state index in [0.29, 0.717) is 23.0 Å². The molecular formula is C20H19N3O6S. The maximum absolute atomic E-state index is 12.2. The third-order valence-corrected chi connectivity index (χ3v) is 5.77. The van der Waals surface area contributed by atoms with Crippen LogP contribution in [0.2, 0.25) is 0 Å². The summed E-state index contributed by atoms with van der Waals surface area (Å²) < 4.78 is 21.1. The molecule has 1 aromatic carbocycles. The third kappa shape index (κ3) is 4.28. The standard InChI is InChI=1S/C20H19N3O6S/c1-3-15-11(2)6-16(30-15)20-23-22-17(29-20)9-26-18(24)8-21-19(25)12-4-5-13-14(7-12)28-10-27-13/h4-7H,3,8-10H2,1-2H3,(H,21,25). The molecule has 0 fully saturated rings. The van der Waals surface area contributed by atoms with Crippen molar-refractivity contribution in [2.45, 2.75) is 26.9 Å². The summed E-state index contributed by atoms with van der Waals surface area (Å²) >= 11 is 1.60. The van der Waals surface area contributed by atoms with E-state index in [9.17, 15) is 9.59 Å². The van der Waals surface area contributed by atoms with E-state index < -0.39 is 11.9 Å². The summed E-state index contributed by atoms with van der Waals surface area (Å²) in [5.41, 5.74) is 1.54. The molecule has 1 aliphatic rings. The van der Waals surface area contributed by atoms with Crippen LogP contribution in [-0.2, 0) is 22.6 Å². The Morgan fingerprint density at radius 2 is 2.03 bits per heavy atom. The first kappa shape index (κ1) is 19.9. The molecular weight excluding hydrogens is 410 g/mol. The lowest BCUT2D eigenvalue weighted by Crippen LogP contribution is -2.30. The van der Waals surface area contributed by atoms with Crippen LogP contribution in [0.4, 0.5) is 0 Å². The minimum atomic E-state index is -0.621. The van der Waals surface area contributed by atoms with Crippen molar-refractivity contribution in [1.29, 1.82) is 0 Å². The van der Waals surface area contributed by atoms with Crippen molar-refractivity contribution in [2.24, 2.45) is 0 Å². The average Bonchev–Trinajstić information content (AvgIpc) is 3.48. The second-order valence-corrected chi connectivity index (χ2v) is 7.62. The molecule has 9 nitrogen and oxygen atoms in total. The van der Waals surface area contributed by atoms with Crippen LogP contribution in [0.5, 0.6) is 11.5 Å². The normalized spacial score (nSPS) is 12.1. The van der Waals surface area contributed by atoms with Gasteiger partial charge in [-0.05, 0) is 43.2 Å². The maximum Gasteiger partial charge on any atom is 0.325 e. The molecule has 1 N–H and O–H groups in total. The average molecular weight is 429 g/mol. The van der Waals surface area contributed by atoms with Crippen molar-refractivity contribution >= 4 is 23.2 Å². The number of esters is 1. The Morgan fingerprint density at radius 1 is 1.20 bits per heavy atom. The molecule has 0 atom stereocenters. The molecule has 0 aliphatic carbocycles. The molecule has 0 unspecified atom stereocenters. The largest absolute Gasteiger partial charge is 0.454 e. The molecule has 3 heterocycles. The van der Waals surface area contributed by atoms with Gasteiger partial charge in [-0.25, -0.2) is 0 Å². The first-order valence-corrected chi connectivity index (χ1v) is 10.1. The molecule has 0 spiro atoms. The Bertz CT molecular complexity index is 1090. The van der Waals surface area contributed by atoms with Crippen LogP contribution in [0, 0.1) is 6.92 Å². The van der Waals surface area contributed by atoms with Crippen LogP contribution < -0.4 is 14.8 Å². The van der Waals surface area contributed by atoms with Crippen LogP contribution in [0.25, 0.3) is 10.8 Å². The van der Waals surface area contributed by atoms with E-state index in [-0.39, 0.29) is 25.8 Å². The number of thiophene rings is 1. The number of carbonyl (C=O) groups excluding carboxylic acids is 2. The predicted octanol–water partition coefficient (Wildman–Crippen LogP) is 2.87. The van der Waals surface area contributed by atoms with Gasteiger partial charge in [-0.3, -0.25) is 9.59 Å². The highest BCUT2D eigenvalue weighted by Gasteiger charge is 2.18. The van der Waals surface area contributed by atoms with Crippen LogP contribution in [0.1, 0.15) is 33.6 Å². The zero-order valence-electron chi connectivity index (χ0n) is 16.4. The van der Waals surface area contributed by atoms with Gasteiger partial charge in [-0.15, -0.1) is 21.5 Å². The number of ether oxygens (including phenoxy) is 3. The number of carbonyl (C=O) groups is 2. The van der Waals surface area contributed by atoms with Crippen molar-refractivity contribution in [1.82, 2.24) is 15.5 Å². The number of hydrogen-bond donors (Lipinski definition) is 1. The quantitative estimate of drug-likeness (QED) is 0.571. The molecule has 1 aliphatic heterocycles. The van der Waals surface area contributed by atoms with Crippen molar-refractivity contribution in [3.63, 3.8) is 0 Å². The Morgan fingerprint density at radius 3 is 2.83 bits per heavy atom. The summed E-state index contributed by atoms with van der Waals surface area (Å²) in [5.74, 6) is 0.599. The van der Waals surface area contributed by atoms with Gasteiger partial charge in [0.2, 0.25) is 6.79 Å². The summed E-state index contributed by atoms with van der Waals surface area (Å²) in [4.78, 5) is 26.3. The van der Waals surface area contributed by atoms with Crippen LogP contribution >= 0.6 is 11.3 Å². The number of rotatable bonds is 7. The molecule has 0 radical (unpaired) electrons. The predicted molar refractivity (Wildman–Crippen MR) is 106 cm³/mol. The van der Waals surface area contributed by atoms with Gasteiger partial charge in [0.25, 0.3) is 17.7 Å². The van der Waals surface area contributed by atoms with Gasteiger partial charge in [0.15, 0.2) is 18.1 Å². The fourth-order valence-electron chi connectivity index (χ4n) is 2.87. The van der Waals surface area contributed by atoms with Crippen LogP contribution in [0.3, 0.4) is 0 Å². The number of hydrogen-bond acceptors (Lipinski definition) is 9. The van der Waals surface area contributed by atoms with Crippen molar-refractivity contribution in [2.75, 3.05) is 13.3 Å². The van der Waals surface area contributed by atoms with E-state index in [0.717, 1.165) is 11.3 Å². The zero-order valence-corrected chi connectivity index (χ0v) is 17.2. The second-order valence-electron chi connectivity index (χ2n) is 6.48. The number of benzene rings is 1. The number of nitrogens with one attached hydrogen (secondary N) is 1. The topological polar surface area (TPSA) is 113 Å². The smallest absolute Gasteiger partial charge is 0.325 e. The monoisotopic (exact) mass is 429 g/mol. The Kier molecular flexibility index (Phi) is 5.66. The number of nitrogens with zero attached hydrogens (tertiary/aromatic N) is 2. The number of amides is 1. The summed E-state index contributed by atoms with van der Waals surface area (Å²) in [6.45, 7) is 3.79. The van der Waals surface area contributed by atoms with Crippen molar-refractivity contribution in [3.8, 4) is 22.3 Å². The molecule has 4 rings (SSSR count). The van der Waals surface area contributed by atoms with Gasteiger partial charge in [0.05, 0.1) is 4.88 Å². The van der Waals surface area contributed by atoms with Gasteiger partial charge >= 0.3 is 5.97 Å². The van der Waals surface area contributed by atoms with Crippen molar-refractivity contribution in [3.05, 3.63) is 46.2 Å². The fourth-order valence-corrected chi connectivity index (χ4v) is 3.91. The lowest BCUT2D eigenvalue weighted by atomic mass is 10.2. The Hall–Kier alpha value is -3.40. The molecule has 1 amide bonds. The maximum atomic E-state index is 12.2. The molecule has 0 bridgehead atoms. The van der Waals surface area contributed by atoms with Gasteiger partial charge in [-0.2, -0.15) is 0 Å². The Labute approximate surface area is 176 Å². The minimum Gasteiger partial charge on any atom is -0.454 e. The molecule has 0 saturated carbocycles. The Balaban J connectivity index is 1.27. The highest BCUT2D eigenvalue weighted by Crippen LogP contribution is 2.32. The van der Waals surface area contributed by atoms with Gasteiger partial charge in [-0.1, -0.05) is 6.92 Å². The summed E-state index contributed by atoms with van der Waals surface area (Å²) in [7, 11) is 0. The summed E-state index contributed by atoms with van der Waals surface area (Å²) in [5, 5.41) is 10.4. The highest BCUT2D eigenvalue weighted by atomic mass is 32.1. The molecule has 30 heavy (non-hydrogen) atoms. The van der Waals surface area contributed by atoms with E-state index in [1.165, 1.54) is 10.4 Å². The first-order valence-electron chi connectivity index (χ1n) is 9.29. The van der Waals surface area contributed by atoms with E-state index in [2.05, 4.69) is 22.4 Å². The fraction of sp³-hybridized carbons (Fsp3) is 0.300. The summed E-state index contributed by atoms with van der Waals surface area (Å²) in [6, 6.07) is 6.78. The van der Waals surface area contributed by atoms with E-state index in [4.69, 9.17) is 18.6 Å². The first-order chi connectivity index (χ1) is 14.5. The molecule has 2 aromatic heterocycles. The van der Waals surface area contributed by atoms with E-state index in [1.54, 1.807) is 29.5 Å². The minimum absolute atomic E-state index is 0.121. The van der Waals surface area contributed by atoms with Gasteiger partial charge in [0, 0.05) is 10.4 Å². The van der Waals surface area contributed by atoms with E-state index >= 15 is 0 Å². The SMILES string of the molecule is CCc1sc(-c2nnc(COC(=O)CNC(=O)c3ccc4c(c3)OCO4)o2)cc1C. The third-order valence-electron chi connectivity index (χ3n) is 4.40. The van der Waals surface area contributed by atoms with Crippen molar-refractivity contribution < 1.29 is 28.2 Å². The number of aryl methyl sites for hydroxylation is 2. The molecule has 10 heteroatoms. The second kappa shape index (κ2) is 8.54. The summed E-state index contributed by atoms with van der Waals surface area (Å²) in [6.07, 6.45) is 0.938. The van der Waals surface area contributed by atoms with Gasteiger partial charge in [0.1, 0.15) is 6.54 Å². The lowest BCUT2D eigenvalue weighted by Gasteiger charge is -2.06. The van der Waals surface area contributed by atoms with Crippen LogP contribution in [-0.4, -0.2) is 35.4 Å². The molecule has 156 valence electrons. The zero-order chi connectivity index (χ0) is 21.1. The lowest BCUT2D eigenvalue weighted by molar-refractivity contribution is -0.144.